The van der Waals surface area contributed by atoms with E-state index in [1.807, 2.05) is 24.7 Å². The predicted molar refractivity (Wildman–Crippen MR) is 50.1 cm³/mol. The lowest BCUT2D eigenvalue weighted by Crippen LogP contribution is -2.08. The van der Waals surface area contributed by atoms with Gasteiger partial charge in [0.2, 0.25) is 0 Å². The van der Waals surface area contributed by atoms with Crippen LogP contribution in [0.4, 0.5) is 5.82 Å². The summed E-state index contributed by atoms with van der Waals surface area (Å²) in [6.45, 7) is 3.65. The summed E-state index contributed by atoms with van der Waals surface area (Å²) in [5.41, 5.74) is 6.52. The molecule has 1 heterocycles. The van der Waals surface area contributed by atoms with Crippen molar-refractivity contribution in [2.24, 2.45) is 12.8 Å². The zero-order chi connectivity index (χ0) is 8.97. The molecular weight excluding hydrogens is 152 g/mol. The molecule has 0 atom stereocenters. The van der Waals surface area contributed by atoms with Gasteiger partial charge in [0, 0.05) is 25.4 Å². The van der Waals surface area contributed by atoms with E-state index in [2.05, 4.69) is 10.4 Å². The Hall–Kier alpha value is -1.03. The minimum absolute atomic E-state index is 0.721. The van der Waals surface area contributed by atoms with Crippen molar-refractivity contribution in [3.8, 4) is 0 Å². The van der Waals surface area contributed by atoms with Crippen LogP contribution in [0, 0.1) is 6.92 Å². The Morgan fingerprint density at radius 3 is 2.92 bits per heavy atom. The minimum atomic E-state index is 0.721. The second-order valence-corrected chi connectivity index (χ2v) is 2.86. The van der Waals surface area contributed by atoms with Crippen LogP contribution in [-0.4, -0.2) is 22.9 Å². The van der Waals surface area contributed by atoms with Crippen LogP contribution in [0.2, 0.25) is 0 Å². The van der Waals surface area contributed by atoms with E-state index in [4.69, 9.17) is 5.73 Å². The summed E-state index contributed by atoms with van der Waals surface area (Å²) in [4.78, 5) is 0. The van der Waals surface area contributed by atoms with Gasteiger partial charge < -0.3 is 11.1 Å². The zero-order valence-corrected chi connectivity index (χ0v) is 7.67. The lowest BCUT2D eigenvalue weighted by Gasteiger charge is -1.99. The summed E-state index contributed by atoms with van der Waals surface area (Å²) in [7, 11) is 1.93. The van der Waals surface area contributed by atoms with Crippen LogP contribution in [-0.2, 0) is 7.05 Å². The summed E-state index contributed by atoms with van der Waals surface area (Å²) >= 11 is 0. The minimum Gasteiger partial charge on any atom is -0.369 e. The first-order valence-electron chi connectivity index (χ1n) is 4.18. The third-order valence-corrected chi connectivity index (χ3v) is 1.80. The van der Waals surface area contributed by atoms with Gasteiger partial charge in [0.1, 0.15) is 5.82 Å². The van der Waals surface area contributed by atoms with Crippen LogP contribution < -0.4 is 11.1 Å². The van der Waals surface area contributed by atoms with Crippen LogP contribution in [0.25, 0.3) is 0 Å². The van der Waals surface area contributed by atoms with E-state index in [0.29, 0.717) is 0 Å². The van der Waals surface area contributed by atoms with Crippen molar-refractivity contribution in [3.05, 3.63) is 11.8 Å². The third kappa shape index (κ3) is 2.23. The highest BCUT2D eigenvalue weighted by Crippen LogP contribution is 2.05. The van der Waals surface area contributed by atoms with Gasteiger partial charge >= 0.3 is 0 Å². The topological polar surface area (TPSA) is 55.9 Å². The lowest BCUT2D eigenvalue weighted by molar-refractivity contribution is 0.739. The molecule has 0 amide bonds. The highest BCUT2D eigenvalue weighted by atomic mass is 15.3. The Kier molecular flexibility index (Phi) is 3.10. The van der Waals surface area contributed by atoms with E-state index in [1.54, 1.807) is 0 Å². The monoisotopic (exact) mass is 168 g/mol. The smallest absolute Gasteiger partial charge is 0.148 e. The molecule has 0 aliphatic rings. The maximum atomic E-state index is 5.36. The van der Waals surface area contributed by atoms with E-state index in [0.717, 1.165) is 31.0 Å². The lowest BCUT2D eigenvalue weighted by atomic mass is 10.4. The Morgan fingerprint density at radius 1 is 1.67 bits per heavy atom. The van der Waals surface area contributed by atoms with Gasteiger partial charge in [0.25, 0.3) is 0 Å². The first-order chi connectivity index (χ1) is 5.74. The van der Waals surface area contributed by atoms with Crippen LogP contribution >= 0.6 is 0 Å². The molecule has 4 nitrogen and oxygen atoms in total. The van der Waals surface area contributed by atoms with Gasteiger partial charge in [-0.1, -0.05) is 0 Å². The van der Waals surface area contributed by atoms with E-state index in [1.165, 1.54) is 0 Å². The number of hydrogen-bond acceptors (Lipinski definition) is 3. The molecule has 3 N–H and O–H groups in total. The van der Waals surface area contributed by atoms with Gasteiger partial charge in [0.05, 0.1) is 0 Å². The average molecular weight is 168 g/mol. The Labute approximate surface area is 72.8 Å². The summed E-state index contributed by atoms with van der Waals surface area (Å²) in [5.74, 6) is 0.934. The molecule has 68 valence electrons. The normalized spacial score (nSPS) is 10.2. The van der Waals surface area contributed by atoms with Crippen molar-refractivity contribution in [2.75, 3.05) is 18.4 Å². The van der Waals surface area contributed by atoms with Crippen molar-refractivity contribution in [2.45, 2.75) is 13.3 Å². The summed E-state index contributed by atoms with van der Waals surface area (Å²) in [6.07, 6.45) is 0.982. The van der Waals surface area contributed by atoms with Crippen molar-refractivity contribution >= 4 is 5.82 Å². The van der Waals surface area contributed by atoms with Crippen LogP contribution in [0.15, 0.2) is 6.07 Å². The molecular formula is C8H16N4. The predicted octanol–water partition coefficient (Wildman–Crippen LogP) is 0.489. The van der Waals surface area contributed by atoms with Crippen LogP contribution in [0.3, 0.4) is 0 Å². The van der Waals surface area contributed by atoms with Crippen molar-refractivity contribution < 1.29 is 0 Å². The second-order valence-electron chi connectivity index (χ2n) is 2.86. The maximum Gasteiger partial charge on any atom is 0.148 e. The molecule has 0 aliphatic carbocycles. The molecule has 1 rings (SSSR count). The highest BCUT2D eigenvalue weighted by Gasteiger charge is 1.98. The van der Waals surface area contributed by atoms with Crippen molar-refractivity contribution in [3.63, 3.8) is 0 Å². The molecule has 0 aromatic carbocycles. The largest absolute Gasteiger partial charge is 0.369 e. The van der Waals surface area contributed by atoms with E-state index in [9.17, 15) is 0 Å². The van der Waals surface area contributed by atoms with Gasteiger partial charge in [-0.2, -0.15) is 5.10 Å². The number of aryl methyl sites for hydroxylation is 2. The molecule has 0 radical (unpaired) electrons. The van der Waals surface area contributed by atoms with Gasteiger partial charge in [-0.05, 0) is 19.9 Å². The number of rotatable bonds is 4. The number of nitrogens with one attached hydrogen (secondary N) is 1. The third-order valence-electron chi connectivity index (χ3n) is 1.80. The van der Waals surface area contributed by atoms with Crippen LogP contribution in [0.5, 0.6) is 0 Å². The van der Waals surface area contributed by atoms with Gasteiger partial charge in [-0.3, -0.25) is 4.68 Å². The second kappa shape index (κ2) is 4.11. The summed E-state index contributed by atoms with van der Waals surface area (Å²) in [6, 6.07) is 2.02. The quantitative estimate of drug-likeness (QED) is 0.643. The molecule has 12 heavy (non-hydrogen) atoms. The highest BCUT2D eigenvalue weighted by molar-refractivity contribution is 5.35. The van der Waals surface area contributed by atoms with Gasteiger partial charge in [-0.25, -0.2) is 0 Å². The Balaban J connectivity index is 2.42. The molecule has 0 aliphatic heterocycles. The fraction of sp³-hybridized carbons (Fsp3) is 0.625. The van der Waals surface area contributed by atoms with Gasteiger partial charge in [0.15, 0.2) is 0 Å². The molecule has 4 heteroatoms. The fourth-order valence-corrected chi connectivity index (χ4v) is 0.966. The van der Waals surface area contributed by atoms with Crippen LogP contribution in [0.1, 0.15) is 12.1 Å². The molecule has 0 fully saturated rings. The first-order valence-corrected chi connectivity index (χ1v) is 4.18. The first kappa shape index (κ1) is 9.06. The fourth-order valence-electron chi connectivity index (χ4n) is 0.966. The molecule has 1 aromatic heterocycles. The van der Waals surface area contributed by atoms with Crippen molar-refractivity contribution in [1.82, 2.24) is 9.78 Å². The molecule has 0 unspecified atom stereocenters. The number of nitrogens with two attached hydrogens (primary N) is 1. The number of anilines is 1. The standard InChI is InChI=1S/C8H16N4/c1-7-6-8(11-12(7)2)10-5-3-4-9/h6H,3-5,9H2,1-2H3,(H,10,11). The molecule has 0 bridgehead atoms. The maximum absolute atomic E-state index is 5.36. The Bertz CT molecular complexity index is 222. The number of hydrogen-bond donors (Lipinski definition) is 2. The molecule has 0 spiro atoms. The van der Waals surface area contributed by atoms with E-state index < -0.39 is 0 Å². The average Bonchev–Trinajstić information content (AvgIpc) is 2.32. The number of aromatic nitrogens is 2. The van der Waals surface area contributed by atoms with E-state index >= 15 is 0 Å². The van der Waals surface area contributed by atoms with E-state index in [-0.39, 0.29) is 0 Å². The molecule has 0 saturated carbocycles. The zero-order valence-electron chi connectivity index (χ0n) is 7.67. The number of nitrogens with zero attached hydrogens (tertiary/aromatic N) is 2. The SMILES string of the molecule is Cc1cc(NCCCN)nn1C. The summed E-state index contributed by atoms with van der Waals surface area (Å²) < 4.78 is 1.85. The Morgan fingerprint density at radius 2 is 2.42 bits per heavy atom. The molecule has 1 aromatic rings. The van der Waals surface area contributed by atoms with Gasteiger partial charge in [-0.15, -0.1) is 0 Å². The molecule has 0 saturated heterocycles. The summed E-state index contributed by atoms with van der Waals surface area (Å²) in [5, 5.41) is 7.44. The van der Waals surface area contributed by atoms with Crippen molar-refractivity contribution in [1.29, 1.82) is 0 Å².